The Morgan fingerprint density at radius 3 is 2.43 bits per heavy atom. The number of nitrogens with one attached hydrogen (secondary N) is 2. The minimum atomic E-state index is 0. The van der Waals surface area contributed by atoms with Gasteiger partial charge in [-0.1, -0.05) is 0 Å². The first-order valence-electron chi connectivity index (χ1n) is 7.99. The van der Waals surface area contributed by atoms with E-state index in [1.54, 1.807) is 0 Å². The highest BCUT2D eigenvalue weighted by Crippen LogP contribution is 2.22. The molecular formula is C16H30IN5S. The molecule has 0 aliphatic carbocycles. The van der Waals surface area contributed by atoms with Gasteiger partial charge in [0.25, 0.3) is 0 Å². The van der Waals surface area contributed by atoms with Crippen LogP contribution in [0.3, 0.4) is 0 Å². The van der Waals surface area contributed by atoms with Crippen LogP contribution in [0.1, 0.15) is 20.8 Å². The van der Waals surface area contributed by atoms with Crippen molar-refractivity contribution < 1.29 is 0 Å². The standard InChI is InChI=1S/C16H29N5S.HI/c1-16(2,3)19-8-7-18-15(17-4)21-11-9-20(10-12-21)14-6-5-13-22-14;/h5-6,13,19H,7-12H2,1-4H3,(H,17,18);1H. The fraction of sp³-hybridized carbons (Fsp3) is 0.688. The predicted molar refractivity (Wildman–Crippen MR) is 113 cm³/mol. The SMILES string of the molecule is CN=C(NCCNC(C)(C)C)N1CCN(c2cccs2)CC1.I. The van der Waals surface area contributed by atoms with E-state index in [0.717, 1.165) is 45.2 Å². The monoisotopic (exact) mass is 451 g/mol. The Kier molecular flexibility index (Phi) is 8.63. The molecule has 0 bridgehead atoms. The third-order valence-electron chi connectivity index (χ3n) is 3.67. The van der Waals surface area contributed by atoms with Crippen LogP contribution in [0.15, 0.2) is 22.5 Å². The highest BCUT2D eigenvalue weighted by molar-refractivity contribution is 14.0. The highest BCUT2D eigenvalue weighted by Gasteiger charge is 2.20. The molecule has 2 heterocycles. The lowest BCUT2D eigenvalue weighted by Crippen LogP contribution is -2.53. The van der Waals surface area contributed by atoms with E-state index in [2.05, 4.69) is 63.7 Å². The summed E-state index contributed by atoms with van der Waals surface area (Å²) in [5.41, 5.74) is 0.164. The van der Waals surface area contributed by atoms with Crippen LogP contribution in [0.25, 0.3) is 0 Å². The Hall–Kier alpha value is -0.540. The number of hydrogen-bond acceptors (Lipinski definition) is 4. The molecule has 0 unspecified atom stereocenters. The smallest absolute Gasteiger partial charge is 0.193 e. The second-order valence-electron chi connectivity index (χ2n) is 6.58. The van der Waals surface area contributed by atoms with Gasteiger partial charge in [0, 0.05) is 51.9 Å². The van der Waals surface area contributed by atoms with Crippen molar-refractivity contribution in [2.24, 2.45) is 4.99 Å². The van der Waals surface area contributed by atoms with Crippen LogP contribution in [0.5, 0.6) is 0 Å². The van der Waals surface area contributed by atoms with Crippen molar-refractivity contribution in [2.45, 2.75) is 26.3 Å². The number of piperazine rings is 1. The van der Waals surface area contributed by atoms with E-state index >= 15 is 0 Å². The van der Waals surface area contributed by atoms with E-state index < -0.39 is 0 Å². The van der Waals surface area contributed by atoms with Crippen LogP contribution in [0, 0.1) is 0 Å². The first kappa shape index (κ1) is 20.5. The van der Waals surface area contributed by atoms with Crippen LogP contribution in [-0.2, 0) is 0 Å². The Morgan fingerprint density at radius 2 is 1.91 bits per heavy atom. The molecule has 1 saturated heterocycles. The zero-order chi connectivity index (χ0) is 16.0. The molecule has 1 aliphatic heterocycles. The summed E-state index contributed by atoms with van der Waals surface area (Å²) in [7, 11) is 1.87. The molecule has 1 fully saturated rings. The van der Waals surface area contributed by atoms with Gasteiger partial charge >= 0.3 is 0 Å². The van der Waals surface area contributed by atoms with Crippen LogP contribution < -0.4 is 15.5 Å². The fourth-order valence-corrected chi connectivity index (χ4v) is 3.32. The molecule has 5 nitrogen and oxygen atoms in total. The minimum Gasteiger partial charge on any atom is -0.360 e. The lowest BCUT2D eigenvalue weighted by atomic mass is 10.1. The van der Waals surface area contributed by atoms with Gasteiger partial charge in [0.15, 0.2) is 5.96 Å². The number of aliphatic imine (C=N–C) groups is 1. The highest BCUT2D eigenvalue weighted by atomic mass is 127. The maximum atomic E-state index is 4.42. The van der Waals surface area contributed by atoms with Crippen LogP contribution in [0.4, 0.5) is 5.00 Å². The Morgan fingerprint density at radius 1 is 1.22 bits per heavy atom. The van der Waals surface area contributed by atoms with Gasteiger partial charge < -0.3 is 20.4 Å². The molecule has 1 aromatic rings. The van der Waals surface area contributed by atoms with E-state index in [0.29, 0.717) is 0 Å². The molecule has 0 atom stereocenters. The van der Waals surface area contributed by atoms with E-state index in [1.165, 1.54) is 5.00 Å². The van der Waals surface area contributed by atoms with Gasteiger partial charge in [-0.15, -0.1) is 35.3 Å². The number of nitrogens with zero attached hydrogens (tertiary/aromatic N) is 3. The molecule has 7 heteroatoms. The first-order chi connectivity index (χ1) is 10.5. The van der Waals surface area contributed by atoms with Gasteiger partial charge in [-0.2, -0.15) is 0 Å². The second kappa shape index (κ2) is 9.68. The number of halogens is 1. The fourth-order valence-electron chi connectivity index (χ4n) is 2.53. The van der Waals surface area contributed by atoms with Crippen molar-refractivity contribution in [1.29, 1.82) is 0 Å². The Labute approximate surface area is 161 Å². The summed E-state index contributed by atoms with van der Waals surface area (Å²) in [5, 5.41) is 10.5. The number of rotatable bonds is 4. The number of anilines is 1. The maximum absolute atomic E-state index is 4.42. The van der Waals surface area contributed by atoms with Crippen LogP contribution >= 0.6 is 35.3 Å². The quantitative estimate of drug-likeness (QED) is 0.320. The van der Waals surface area contributed by atoms with Crippen molar-refractivity contribution in [2.75, 3.05) is 51.2 Å². The van der Waals surface area contributed by atoms with E-state index in [1.807, 2.05) is 18.4 Å². The molecule has 2 N–H and O–H groups in total. The molecular weight excluding hydrogens is 421 g/mol. The Bertz CT molecular complexity index is 461. The second-order valence-corrected chi connectivity index (χ2v) is 7.50. The van der Waals surface area contributed by atoms with Crippen LogP contribution in [0.2, 0.25) is 0 Å². The van der Waals surface area contributed by atoms with Gasteiger partial charge in [-0.3, -0.25) is 4.99 Å². The Balaban J connectivity index is 0.00000264. The van der Waals surface area contributed by atoms with Gasteiger partial charge in [0.1, 0.15) is 0 Å². The molecule has 2 rings (SSSR count). The minimum absolute atomic E-state index is 0. The van der Waals surface area contributed by atoms with Gasteiger partial charge in [-0.05, 0) is 38.3 Å². The van der Waals surface area contributed by atoms with E-state index in [-0.39, 0.29) is 29.5 Å². The lowest BCUT2D eigenvalue weighted by Gasteiger charge is -2.37. The lowest BCUT2D eigenvalue weighted by molar-refractivity contribution is 0.370. The summed E-state index contributed by atoms with van der Waals surface area (Å²) in [4.78, 5) is 9.22. The molecule has 0 spiro atoms. The molecule has 132 valence electrons. The summed E-state index contributed by atoms with van der Waals surface area (Å²) in [5.74, 6) is 1.02. The third kappa shape index (κ3) is 6.84. The van der Waals surface area contributed by atoms with Gasteiger partial charge in [0.2, 0.25) is 0 Å². The largest absolute Gasteiger partial charge is 0.360 e. The summed E-state index contributed by atoms with van der Waals surface area (Å²) in [6.45, 7) is 12.5. The molecule has 0 aromatic carbocycles. The summed E-state index contributed by atoms with van der Waals surface area (Å²) in [6, 6.07) is 4.32. The third-order valence-corrected chi connectivity index (χ3v) is 4.60. The van der Waals surface area contributed by atoms with Gasteiger partial charge in [-0.25, -0.2) is 0 Å². The summed E-state index contributed by atoms with van der Waals surface area (Å²) < 4.78 is 0. The number of thiophene rings is 1. The van der Waals surface area contributed by atoms with Crippen molar-refractivity contribution >= 4 is 46.3 Å². The van der Waals surface area contributed by atoms with Crippen molar-refractivity contribution in [1.82, 2.24) is 15.5 Å². The van der Waals surface area contributed by atoms with Crippen molar-refractivity contribution in [3.63, 3.8) is 0 Å². The molecule has 0 saturated carbocycles. The summed E-state index contributed by atoms with van der Waals surface area (Å²) in [6.07, 6.45) is 0. The molecule has 23 heavy (non-hydrogen) atoms. The van der Waals surface area contributed by atoms with Crippen molar-refractivity contribution in [3.05, 3.63) is 17.5 Å². The first-order valence-corrected chi connectivity index (χ1v) is 8.86. The zero-order valence-electron chi connectivity index (χ0n) is 14.6. The molecule has 0 radical (unpaired) electrons. The maximum Gasteiger partial charge on any atom is 0.193 e. The number of hydrogen-bond donors (Lipinski definition) is 2. The normalized spacial score (nSPS) is 16.3. The average Bonchev–Trinajstić information content (AvgIpc) is 3.01. The number of guanidine groups is 1. The molecule has 1 aliphatic rings. The van der Waals surface area contributed by atoms with Gasteiger partial charge in [0.05, 0.1) is 5.00 Å². The van der Waals surface area contributed by atoms with Crippen LogP contribution in [-0.4, -0.2) is 62.7 Å². The van der Waals surface area contributed by atoms with E-state index in [4.69, 9.17) is 0 Å². The summed E-state index contributed by atoms with van der Waals surface area (Å²) >= 11 is 1.82. The topological polar surface area (TPSA) is 42.9 Å². The predicted octanol–water partition coefficient (Wildman–Crippen LogP) is 2.45. The molecule has 1 aromatic heterocycles. The average molecular weight is 451 g/mol. The van der Waals surface area contributed by atoms with Crippen molar-refractivity contribution in [3.8, 4) is 0 Å². The zero-order valence-corrected chi connectivity index (χ0v) is 17.8. The van der Waals surface area contributed by atoms with E-state index in [9.17, 15) is 0 Å². The molecule has 0 amide bonds.